The molecule has 1 saturated heterocycles. The molecule has 0 spiro atoms. The fourth-order valence-electron chi connectivity index (χ4n) is 2.26. The molecule has 1 amide bonds. The first-order chi connectivity index (χ1) is 8.15. The molecule has 0 saturated carbocycles. The second-order valence-electron chi connectivity index (χ2n) is 5.17. The van der Waals surface area contributed by atoms with Crippen LogP contribution in [0.1, 0.15) is 33.1 Å². The number of carbonyl (C=O) groups is 1. The summed E-state index contributed by atoms with van der Waals surface area (Å²) in [5.41, 5.74) is 5.50. The van der Waals surface area contributed by atoms with Crippen molar-refractivity contribution in [1.29, 1.82) is 0 Å². The Morgan fingerprint density at radius 3 is 2.59 bits per heavy atom. The van der Waals surface area contributed by atoms with Crippen molar-refractivity contribution in [3.05, 3.63) is 0 Å². The molecule has 0 unspecified atom stereocenters. The van der Waals surface area contributed by atoms with Crippen LogP contribution in [0, 0.1) is 5.92 Å². The zero-order valence-electron chi connectivity index (χ0n) is 11.3. The Bertz CT molecular complexity index is 231. The summed E-state index contributed by atoms with van der Waals surface area (Å²) >= 11 is 0. The SMILES string of the molecule is CC(C)C(=O)N1CCCN(CCCCN)CC1. The quantitative estimate of drug-likeness (QED) is 0.728. The van der Waals surface area contributed by atoms with Crippen molar-refractivity contribution in [3.8, 4) is 0 Å². The summed E-state index contributed by atoms with van der Waals surface area (Å²) in [6.45, 7) is 9.81. The molecule has 4 nitrogen and oxygen atoms in total. The normalized spacial score (nSPS) is 18.5. The minimum Gasteiger partial charge on any atom is -0.341 e. The Morgan fingerprint density at radius 2 is 1.94 bits per heavy atom. The van der Waals surface area contributed by atoms with E-state index in [1.807, 2.05) is 18.7 Å². The molecule has 0 bridgehead atoms. The van der Waals surface area contributed by atoms with E-state index in [-0.39, 0.29) is 5.92 Å². The van der Waals surface area contributed by atoms with Gasteiger partial charge in [-0.3, -0.25) is 4.79 Å². The molecule has 1 heterocycles. The van der Waals surface area contributed by atoms with E-state index < -0.39 is 0 Å². The van der Waals surface area contributed by atoms with Gasteiger partial charge in [-0.15, -0.1) is 0 Å². The lowest BCUT2D eigenvalue weighted by Gasteiger charge is -2.23. The van der Waals surface area contributed by atoms with Crippen LogP contribution in [0.4, 0.5) is 0 Å². The third-order valence-electron chi connectivity index (χ3n) is 3.32. The van der Waals surface area contributed by atoms with E-state index in [9.17, 15) is 4.79 Å². The lowest BCUT2D eigenvalue weighted by Crippen LogP contribution is -2.37. The summed E-state index contributed by atoms with van der Waals surface area (Å²) < 4.78 is 0. The van der Waals surface area contributed by atoms with Gasteiger partial charge >= 0.3 is 0 Å². The van der Waals surface area contributed by atoms with Crippen molar-refractivity contribution in [2.24, 2.45) is 11.7 Å². The summed E-state index contributed by atoms with van der Waals surface area (Å²) in [5, 5.41) is 0. The second-order valence-corrected chi connectivity index (χ2v) is 5.17. The van der Waals surface area contributed by atoms with Gasteiger partial charge in [-0.25, -0.2) is 0 Å². The van der Waals surface area contributed by atoms with E-state index in [0.717, 1.165) is 52.1 Å². The molecule has 4 heteroatoms. The van der Waals surface area contributed by atoms with Gasteiger partial charge in [0.2, 0.25) is 5.91 Å². The third-order valence-corrected chi connectivity index (χ3v) is 3.32. The smallest absolute Gasteiger partial charge is 0.225 e. The summed E-state index contributed by atoms with van der Waals surface area (Å²) in [5.74, 6) is 0.424. The van der Waals surface area contributed by atoms with Crippen LogP contribution >= 0.6 is 0 Å². The van der Waals surface area contributed by atoms with Gasteiger partial charge in [-0.05, 0) is 38.9 Å². The van der Waals surface area contributed by atoms with Crippen LogP contribution in [0.5, 0.6) is 0 Å². The molecular formula is C13H27N3O. The van der Waals surface area contributed by atoms with Crippen molar-refractivity contribution in [1.82, 2.24) is 9.80 Å². The minimum atomic E-state index is 0.124. The van der Waals surface area contributed by atoms with E-state index in [2.05, 4.69) is 4.90 Å². The fraction of sp³-hybridized carbons (Fsp3) is 0.923. The Labute approximate surface area is 105 Å². The number of nitrogens with two attached hydrogens (primary N) is 1. The average Bonchev–Trinajstić information content (AvgIpc) is 2.54. The highest BCUT2D eigenvalue weighted by Crippen LogP contribution is 2.08. The van der Waals surface area contributed by atoms with Crippen molar-refractivity contribution in [2.45, 2.75) is 33.1 Å². The number of rotatable bonds is 5. The molecule has 100 valence electrons. The van der Waals surface area contributed by atoms with E-state index in [1.165, 1.54) is 6.42 Å². The van der Waals surface area contributed by atoms with Gasteiger partial charge in [0.05, 0.1) is 0 Å². The molecule has 1 aliphatic heterocycles. The number of hydrogen-bond acceptors (Lipinski definition) is 3. The average molecular weight is 241 g/mol. The Kier molecular flexibility index (Phi) is 6.52. The van der Waals surface area contributed by atoms with Gasteiger partial charge in [0.25, 0.3) is 0 Å². The first-order valence-corrected chi connectivity index (χ1v) is 6.86. The van der Waals surface area contributed by atoms with E-state index in [1.54, 1.807) is 0 Å². The van der Waals surface area contributed by atoms with Crippen LogP contribution in [-0.4, -0.2) is 55.0 Å². The molecule has 0 aliphatic carbocycles. The molecule has 1 rings (SSSR count). The topological polar surface area (TPSA) is 49.6 Å². The van der Waals surface area contributed by atoms with Crippen LogP contribution < -0.4 is 5.73 Å². The number of carbonyl (C=O) groups excluding carboxylic acids is 1. The van der Waals surface area contributed by atoms with E-state index >= 15 is 0 Å². The third kappa shape index (κ3) is 5.04. The van der Waals surface area contributed by atoms with Crippen LogP contribution in [-0.2, 0) is 4.79 Å². The molecule has 0 atom stereocenters. The molecule has 0 aromatic heterocycles. The molecule has 1 aliphatic rings. The molecule has 2 N–H and O–H groups in total. The Morgan fingerprint density at radius 1 is 1.18 bits per heavy atom. The molecule has 17 heavy (non-hydrogen) atoms. The zero-order valence-corrected chi connectivity index (χ0v) is 11.3. The molecular weight excluding hydrogens is 214 g/mol. The van der Waals surface area contributed by atoms with Crippen LogP contribution in [0.2, 0.25) is 0 Å². The second kappa shape index (κ2) is 7.67. The largest absolute Gasteiger partial charge is 0.341 e. The maximum absolute atomic E-state index is 11.9. The maximum Gasteiger partial charge on any atom is 0.225 e. The van der Waals surface area contributed by atoms with Crippen molar-refractivity contribution < 1.29 is 4.79 Å². The first kappa shape index (κ1) is 14.5. The highest BCUT2D eigenvalue weighted by molar-refractivity contribution is 5.78. The lowest BCUT2D eigenvalue weighted by atomic mass is 10.2. The molecule has 0 radical (unpaired) electrons. The van der Waals surface area contributed by atoms with Crippen molar-refractivity contribution >= 4 is 5.91 Å². The van der Waals surface area contributed by atoms with Gasteiger partial charge in [0, 0.05) is 25.6 Å². The van der Waals surface area contributed by atoms with Crippen LogP contribution in [0.15, 0.2) is 0 Å². The Hall–Kier alpha value is -0.610. The van der Waals surface area contributed by atoms with Crippen molar-refractivity contribution in [2.75, 3.05) is 39.3 Å². The van der Waals surface area contributed by atoms with Gasteiger partial charge in [-0.1, -0.05) is 13.8 Å². The first-order valence-electron chi connectivity index (χ1n) is 6.86. The Balaban J connectivity index is 2.31. The van der Waals surface area contributed by atoms with Gasteiger partial charge in [0.1, 0.15) is 0 Å². The van der Waals surface area contributed by atoms with Gasteiger partial charge < -0.3 is 15.5 Å². The number of amides is 1. The monoisotopic (exact) mass is 241 g/mol. The highest BCUT2D eigenvalue weighted by atomic mass is 16.2. The summed E-state index contributed by atoms with van der Waals surface area (Å²) in [4.78, 5) is 16.4. The molecule has 0 aromatic carbocycles. The number of unbranched alkanes of at least 4 members (excludes halogenated alkanes) is 1. The van der Waals surface area contributed by atoms with Crippen molar-refractivity contribution in [3.63, 3.8) is 0 Å². The molecule has 0 aromatic rings. The summed E-state index contributed by atoms with van der Waals surface area (Å²) in [6, 6.07) is 0. The minimum absolute atomic E-state index is 0.124. The molecule has 1 fully saturated rings. The predicted molar refractivity (Wildman–Crippen MR) is 70.8 cm³/mol. The van der Waals surface area contributed by atoms with Crippen LogP contribution in [0.3, 0.4) is 0 Å². The predicted octanol–water partition coefficient (Wildman–Crippen LogP) is 0.916. The van der Waals surface area contributed by atoms with Gasteiger partial charge in [0.15, 0.2) is 0 Å². The van der Waals surface area contributed by atoms with Crippen LogP contribution in [0.25, 0.3) is 0 Å². The fourth-order valence-corrected chi connectivity index (χ4v) is 2.26. The number of hydrogen-bond donors (Lipinski definition) is 1. The standard InChI is InChI=1S/C13H27N3O/c1-12(2)13(17)16-9-5-8-15(10-11-16)7-4-3-6-14/h12H,3-11,14H2,1-2H3. The zero-order chi connectivity index (χ0) is 12.7. The van der Waals surface area contributed by atoms with E-state index in [0.29, 0.717) is 5.91 Å². The maximum atomic E-state index is 11.9. The lowest BCUT2D eigenvalue weighted by molar-refractivity contribution is -0.134. The number of nitrogens with zero attached hydrogens (tertiary/aromatic N) is 2. The highest BCUT2D eigenvalue weighted by Gasteiger charge is 2.20. The van der Waals surface area contributed by atoms with Gasteiger partial charge in [-0.2, -0.15) is 0 Å². The summed E-state index contributed by atoms with van der Waals surface area (Å²) in [7, 11) is 0. The summed E-state index contributed by atoms with van der Waals surface area (Å²) in [6.07, 6.45) is 3.38. The van der Waals surface area contributed by atoms with E-state index in [4.69, 9.17) is 5.73 Å².